The molecule has 2 aromatic carbocycles. The maximum absolute atomic E-state index is 6.87. The van der Waals surface area contributed by atoms with Crippen molar-refractivity contribution >= 4 is 24.7 Å². The van der Waals surface area contributed by atoms with Crippen molar-refractivity contribution in [2.45, 2.75) is 32.2 Å². The molecule has 1 aliphatic heterocycles. The molecule has 0 atom stereocenters. The average Bonchev–Trinajstić information content (AvgIpc) is 3.19. The second-order valence-corrected chi connectivity index (χ2v) is 12.3. The highest BCUT2D eigenvalue weighted by Gasteiger charge is 2.49. The molecule has 0 bridgehead atoms. The quantitative estimate of drug-likeness (QED) is 0.572. The Balaban J connectivity index is 1.81. The normalized spacial score (nSPS) is 14.6. The van der Waals surface area contributed by atoms with Crippen LogP contribution in [0.1, 0.15) is 27.2 Å². The Morgan fingerprint density at radius 2 is 1.59 bits per heavy atom. The Morgan fingerprint density at radius 3 is 2.07 bits per heavy atom. The van der Waals surface area contributed by atoms with Gasteiger partial charge in [0.1, 0.15) is 0 Å². The number of hydrogen-bond donors (Lipinski definition) is 2. The standard InChI is InChI=1S/C22H31N3OSi/c1-22(2,3)27(19-11-6-4-7-12-19,20-13-8-5-9-14-20)26-18-10-15-23-21-24-16-17-25-21/h4-9,11-14H,10,15-18H2,1-3H3,(H2,23,24,25). The summed E-state index contributed by atoms with van der Waals surface area (Å²) in [5, 5.41) is 9.30. The van der Waals surface area contributed by atoms with Crippen LogP contribution in [0.5, 0.6) is 0 Å². The molecular formula is C22H31N3OSi. The highest BCUT2D eigenvalue weighted by atomic mass is 28.4. The van der Waals surface area contributed by atoms with Gasteiger partial charge in [-0.2, -0.15) is 0 Å². The molecule has 0 aliphatic carbocycles. The van der Waals surface area contributed by atoms with E-state index in [1.807, 2.05) is 0 Å². The summed E-state index contributed by atoms with van der Waals surface area (Å²) in [4.78, 5) is 4.38. The van der Waals surface area contributed by atoms with Crippen LogP contribution in [-0.2, 0) is 4.43 Å². The Hall–Kier alpha value is -2.11. The molecule has 2 N–H and O–H groups in total. The van der Waals surface area contributed by atoms with Crippen molar-refractivity contribution < 1.29 is 4.43 Å². The predicted octanol–water partition coefficient (Wildman–Crippen LogP) is 2.50. The van der Waals surface area contributed by atoms with E-state index in [0.717, 1.165) is 38.6 Å². The van der Waals surface area contributed by atoms with Crippen molar-refractivity contribution in [2.24, 2.45) is 4.99 Å². The van der Waals surface area contributed by atoms with Gasteiger partial charge in [0.15, 0.2) is 5.96 Å². The van der Waals surface area contributed by atoms with E-state index in [0.29, 0.717) is 0 Å². The molecule has 1 aliphatic rings. The minimum atomic E-state index is -2.40. The Morgan fingerprint density at radius 1 is 1.00 bits per heavy atom. The molecule has 0 saturated carbocycles. The third-order valence-electron chi connectivity index (χ3n) is 5.02. The van der Waals surface area contributed by atoms with Gasteiger partial charge in [-0.3, -0.25) is 4.99 Å². The maximum atomic E-state index is 6.87. The number of nitrogens with zero attached hydrogens (tertiary/aromatic N) is 1. The first kappa shape index (κ1) is 19.6. The molecule has 0 amide bonds. The van der Waals surface area contributed by atoms with Crippen LogP contribution in [0.15, 0.2) is 65.7 Å². The number of benzene rings is 2. The molecule has 27 heavy (non-hydrogen) atoms. The SMILES string of the molecule is CC(C)(C)[Si](OCCCNC1=NCCN1)(c1ccccc1)c1ccccc1. The Labute approximate surface area is 164 Å². The molecule has 0 spiro atoms. The van der Waals surface area contributed by atoms with Gasteiger partial charge in [-0.1, -0.05) is 81.4 Å². The van der Waals surface area contributed by atoms with Gasteiger partial charge >= 0.3 is 0 Å². The largest absolute Gasteiger partial charge is 0.407 e. The summed E-state index contributed by atoms with van der Waals surface area (Å²) >= 11 is 0. The summed E-state index contributed by atoms with van der Waals surface area (Å²) in [6.45, 7) is 10.3. The summed E-state index contributed by atoms with van der Waals surface area (Å²) in [5.74, 6) is 0.917. The van der Waals surface area contributed by atoms with Gasteiger partial charge in [0, 0.05) is 19.7 Å². The predicted molar refractivity (Wildman–Crippen MR) is 116 cm³/mol. The highest BCUT2D eigenvalue weighted by Crippen LogP contribution is 2.36. The molecule has 0 saturated heterocycles. The highest BCUT2D eigenvalue weighted by molar-refractivity contribution is 6.99. The van der Waals surface area contributed by atoms with Crippen LogP contribution in [0.25, 0.3) is 0 Å². The fraction of sp³-hybridized carbons (Fsp3) is 0.409. The smallest absolute Gasteiger partial charge is 0.261 e. The summed E-state index contributed by atoms with van der Waals surface area (Å²) in [6.07, 6.45) is 0.950. The number of aliphatic imine (C=N–C) groups is 1. The van der Waals surface area contributed by atoms with Crippen LogP contribution in [0.3, 0.4) is 0 Å². The minimum absolute atomic E-state index is 0.0280. The van der Waals surface area contributed by atoms with Gasteiger partial charge in [-0.25, -0.2) is 0 Å². The number of guanidine groups is 1. The fourth-order valence-corrected chi connectivity index (χ4v) is 8.39. The molecule has 144 valence electrons. The first-order valence-electron chi connectivity index (χ1n) is 9.81. The lowest BCUT2D eigenvalue weighted by atomic mass is 10.2. The molecule has 0 unspecified atom stereocenters. The fourth-order valence-electron chi connectivity index (χ4n) is 3.78. The van der Waals surface area contributed by atoms with Crippen LogP contribution in [0.2, 0.25) is 5.04 Å². The first-order valence-corrected chi connectivity index (χ1v) is 11.7. The van der Waals surface area contributed by atoms with E-state index in [1.54, 1.807) is 0 Å². The van der Waals surface area contributed by atoms with Crippen molar-refractivity contribution in [3.05, 3.63) is 60.7 Å². The van der Waals surface area contributed by atoms with Gasteiger partial charge in [0.2, 0.25) is 0 Å². The second kappa shape index (κ2) is 8.72. The van der Waals surface area contributed by atoms with Crippen molar-refractivity contribution in [3.63, 3.8) is 0 Å². The lowest BCUT2D eigenvalue weighted by Gasteiger charge is -2.43. The van der Waals surface area contributed by atoms with Crippen molar-refractivity contribution in [1.29, 1.82) is 0 Å². The van der Waals surface area contributed by atoms with Crippen molar-refractivity contribution in [2.75, 3.05) is 26.2 Å². The zero-order chi connectivity index (χ0) is 19.2. The van der Waals surface area contributed by atoms with Crippen molar-refractivity contribution in [1.82, 2.24) is 10.6 Å². The lowest BCUT2D eigenvalue weighted by Crippen LogP contribution is -2.66. The van der Waals surface area contributed by atoms with Crippen LogP contribution < -0.4 is 21.0 Å². The third kappa shape index (κ3) is 4.42. The number of rotatable bonds is 7. The number of hydrogen-bond acceptors (Lipinski definition) is 4. The van der Waals surface area contributed by atoms with E-state index in [9.17, 15) is 0 Å². The molecule has 2 aromatic rings. The first-order chi connectivity index (χ1) is 13.0. The lowest BCUT2D eigenvalue weighted by molar-refractivity contribution is 0.292. The second-order valence-electron chi connectivity index (χ2n) is 7.95. The molecule has 0 aromatic heterocycles. The summed E-state index contributed by atoms with van der Waals surface area (Å²) in [7, 11) is -2.40. The average molecular weight is 382 g/mol. The van der Waals surface area contributed by atoms with Crippen LogP contribution in [0.4, 0.5) is 0 Å². The van der Waals surface area contributed by atoms with Gasteiger partial charge < -0.3 is 15.1 Å². The molecule has 5 heteroatoms. The molecule has 3 rings (SSSR count). The minimum Gasteiger partial charge on any atom is -0.407 e. The Kier molecular flexibility index (Phi) is 6.34. The van der Waals surface area contributed by atoms with E-state index < -0.39 is 8.32 Å². The summed E-state index contributed by atoms with van der Waals surface area (Å²) in [5.41, 5.74) is 0. The molecule has 4 nitrogen and oxygen atoms in total. The van der Waals surface area contributed by atoms with E-state index in [-0.39, 0.29) is 5.04 Å². The summed E-state index contributed by atoms with van der Waals surface area (Å²) in [6, 6.07) is 21.6. The zero-order valence-electron chi connectivity index (χ0n) is 16.7. The van der Waals surface area contributed by atoms with Crippen LogP contribution in [-0.4, -0.2) is 40.5 Å². The topological polar surface area (TPSA) is 45.6 Å². The van der Waals surface area contributed by atoms with Gasteiger partial charge in [0.05, 0.1) is 6.54 Å². The molecule has 0 radical (unpaired) electrons. The molecule has 1 heterocycles. The van der Waals surface area contributed by atoms with E-state index >= 15 is 0 Å². The van der Waals surface area contributed by atoms with Crippen molar-refractivity contribution in [3.8, 4) is 0 Å². The van der Waals surface area contributed by atoms with Crippen LogP contribution >= 0.6 is 0 Å². The van der Waals surface area contributed by atoms with Gasteiger partial charge in [-0.05, 0) is 21.8 Å². The third-order valence-corrected chi connectivity index (χ3v) is 10.1. The van der Waals surface area contributed by atoms with Gasteiger partial charge in [-0.15, -0.1) is 0 Å². The van der Waals surface area contributed by atoms with E-state index in [4.69, 9.17) is 4.43 Å². The summed E-state index contributed by atoms with van der Waals surface area (Å²) < 4.78 is 6.87. The molecule has 0 fully saturated rings. The Bertz CT molecular complexity index is 702. The van der Waals surface area contributed by atoms with Crippen LogP contribution in [0, 0.1) is 0 Å². The molecular weight excluding hydrogens is 350 g/mol. The van der Waals surface area contributed by atoms with E-state index in [2.05, 4.69) is 97.1 Å². The van der Waals surface area contributed by atoms with Gasteiger partial charge in [0.25, 0.3) is 8.32 Å². The van der Waals surface area contributed by atoms with E-state index in [1.165, 1.54) is 10.4 Å². The number of nitrogens with one attached hydrogen (secondary N) is 2. The monoisotopic (exact) mass is 381 g/mol. The maximum Gasteiger partial charge on any atom is 0.261 e. The zero-order valence-corrected chi connectivity index (χ0v) is 17.7.